The second-order valence-electron chi connectivity index (χ2n) is 7.93. The topological polar surface area (TPSA) is 55.4 Å². The minimum absolute atomic E-state index is 0.0186. The Hall–Kier alpha value is -3.15. The third-order valence-corrected chi connectivity index (χ3v) is 5.81. The third-order valence-electron chi connectivity index (χ3n) is 5.81. The summed E-state index contributed by atoms with van der Waals surface area (Å²) in [6, 6.07) is 16.1. The molecule has 0 saturated carbocycles. The first-order valence-corrected chi connectivity index (χ1v) is 10.4. The minimum Gasteiger partial charge on any atom is -0.341 e. The zero-order valence-corrected chi connectivity index (χ0v) is 16.7. The summed E-state index contributed by atoms with van der Waals surface area (Å²) < 4.78 is 3.83. The maximum atomic E-state index is 13.4. The Morgan fingerprint density at radius 2 is 1.69 bits per heavy atom. The maximum Gasteiger partial charge on any atom is 0.263 e. The molecule has 0 bridgehead atoms. The zero-order chi connectivity index (χ0) is 19.8. The minimum atomic E-state index is -0.0186. The predicted molar refractivity (Wildman–Crippen MR) is 116 cm³/mol. The molecular weight excluding hydrogens is 362 g/mol. The lowest BCUT2D eigenvalue weighted by molar-refractivity contribution is 0.726. The first kappa shape index (κ1) is 17.9. The fourth-order valence-electron chi connectivity index (χ4n) is 4.29. The van der Waals surface area contributed by atoms with Crippen LogP contribution >= 0.6 is 0 Å². The molecule has 1 aliphatic heterocycles. The van der Waals surface area contributed by atoms with Gasteiger partial charge in [0.1, 0.15) is 0 Å². The standard InChI is InChI=1S/C23H25N5O/c1-17-11-12-20-19(15-17)21(29)27(16-18-9-5-4-6-10-18)23-25-24-22(28(20)23)26-13-7-2-3-8-14-26/h4-6,9-12,15H,2-3,7-8,13-14,16H2,1H3. The Morgan fingerprint density at radius 3 is 2.45 bits per heavy atom. The molecule has 3 heterocycles. The van der Waals surface area contributed by atoms with Crippen LogP contribution in [0.15, 0.2) is 53.3 Å². The van der Waals surface area contributed by atoms with Gasteiger partial charge in [0, 0.05) is 13.1 Å². The van der Waals surface area contributed by atoms with Gasteiger partial charge in [0.25, 0.3) is 5.56 Å². The van der Waals surface area contributed by atoms with Crippen LogP contribution in [0.3, 0.4) is 0 Å². The van der Waals surface area contributed by atoms with Crippen molar-refractivity contribution in [3.05, 3.63) is 70.0 Å². The van der Waals surface area contributed by atoms with Crippen molar-refractivity contribution < 1.29 is 0 Å². The zero-order valence-electron chi connectivity index (χ0n) is 16.7. The Kier molecular flexibility index (Phi) is 4.54. The molecule has 148 valence electrons. The Labute approximate surface area is 169 Å². The number of aryl methyl sites for hydroxylation is 1. The number of benzene rings is 2. The lowest BCUT2D eigenvalue weighted by Gasteiger charge is -2.21. The fourth-order valence-corrected chi connectivity index (χ4v) is 4.29. The molecule has 1 fully saturated rings. The summed E-state index contributed by atoms with van der Waals surface area (Å²) in [5.41, 5.74) is 3.01. The van der Waals surface area contributed by atoms with Gasteiger partial charge in [0.2, 0.25) is 11.7 Å². The predicted octanol–water partition coefficient (Wildman–Crippen LogP) is 3.78. The van der Waals surface area contributed by atoms with Crippen molar-refractivity contribution in [2.45, 2.75) is 39.2 Å². The van der Waals surface area contributed by atoms with Crippen LogP contribution in [-0.4, -0.2) is 32.3 Å². The smallest absolute Gasteiger partial charge is 0.263 e. The molecule has 0 aliphatic carbocycles. The lowest BCUT2D eigenvalue weighted by atomic mass is 10.1. The average molecular weight is 387 g/mol. The molecule has 0 unspecified atom stereocenters. The highest BCUT2D eigenvalue weighted by molar-refractivity contribution is 5.82. The molecule has 5 rings (SSSR count). The van der Waals surface area contributed by atoms with Crippen molar-refractivity contribution in [1.29, 1.82) is 0 Å². The third kappa shape index (κ3) is 3.18. The van der Waals surface area contributed by atoms with Crippen molar-refractivity contribution in [3.8, 4) is 0 Å². The van der Waals surface area contributed by atoms with Gasteiger partial charge in [-0.1, -0.05) is 54.8 Å². The van der Waals surface area contributed by atoms with E-state index >= 15 is 0 Å². The number of fused-ring (bicyclic) bond motifs is 3. The van der Waals surface area contributed by atoms with Crippen molar-refractivity contribution in [3.63, 3.8) is 0 Å². The number of hydrogen-bond donors (Lipinski definition) is 0. The van der Waals surface area contributed by atoms with Crippen LogP contribution in [0.5, 0.6) is 0 Å². The molecule has 2 aromatic carbocycles. The van der Waals surface area contributed by atoms with Gasteiger partial charge in [0.05, 0.1) is 17.4 Å². The molecule has 1 aliphatic rings. The molecule has 0 spiro atoms. The van der Waals surface area contributed by atoms with Gasteiger partial charge in [-0.15, -0.1) is 10.2 Å². The number of aromatic nitrogens is 4. The molecule has 4 aromatic rings. The van der Waals surface area contributed by atoms with Crippen molar-refractivity contribution in [2.75, 3.05) is 18.0 Å². The molecule has 0 atom stereocenters. The summed E-state index contributed by atoms with van der Waals surface area (Å²) in [7, 11) is 0. The molecule has 1 saturated heterocycles. The van der Waals surface area contributed by atoms with E-state index in [1.54, 1.807) is 4.57 Å². The summed E-state index contributed by atoms with van der Waals surface area (Å²) in [5, 5.41) is 9.76. The van der Waals surface area contributed by atoms with E-state index in [9.17, 15) is 4.79 Å². The Bertz CT molecular complexity index is 1220. The quantitative estimate of drug-likeness (QED) is 0.537. The van der Waals surface area contributed by atoms with E-state index in [-0.39, 0.29) is 5.56 Å². The molecule has 0 amide bonds. The first-order valence-electron chi connectivity index (χ1n) is 10.4. The van der Waals surface area contributed by atoms with E-state index in [0.717, 1.165) is 48.5 Å². The van der Waals surface area contributed by atoms with E-state index in [0.29, 0.717) is 17.7 Å². The van der Waals surface area contributed by atoms with Crippen LogP contribution in [0.1, 0.15) is 36.8 Å². The van der Waals surface area contributed by atoms with Crippen LogP contribution < -0.4 is 10.5 Å². The molecule has 2 aromatic heterocycles. The van der Waals surface area contributed by atoms with E-state index in [4.69, 9.17) is 0 Å². The highest BCUT2D eigenvalue weighted by Crippen LogP contribution is 2.23. The van der Waals surface area contributed by atoms with Gasteiger partial charge in [-0.3, -0.25) is 9.36 Å². The van der Waals surface area contributed by atoms with Crippen molar-refractivity contribution >= 4 is 22.6 Å². The van der Waals surface area contributed by atoms with Crippen LogP contribution in [0.4, 0.5) is 5.95 Å². The molecule has 0 radical (unpaired) electrons. The van der Waals surface area contributed by atoms with Crippen LogP contribution in [0.25, 0.3) is 16.7 Å². The maximum absolute atomic E-state index is 13.4. The monoisotopic (exact) mass is 387 g/mol. The number of nitrogens with zero attached hydrogens (tertiary/aromatic N) is 5. The van der Waals surface area contributed by atoms with Gasteiger partial charge < -0.3 is 4.90 Å². The lowest BCUT2D eigenvalue weighted by Crippen LogP contribution is -2.28. The van der Waals surface area contributed by atoms with Gasteiger partial charge in [-0.05, 0) is 37.5 Å². The van der Waals surface area contributed by atoms with Crippen molar-refractivity contribution in [1.82, 2.24) is 19.2 Å². The largest absolute Gasteiger partial charge is 0.341 e. The molecular formula is C23H25N5O. The van der Waals surface area contributed by atoms with Crippen LogP contribution in [-0.2, 0) is 6.54 Å². The summed E-state index contributed by atoms with van der Waals surface area (Å²) >= 11 is 0. The van der Waals surface area contributed by atoms with Gasteiger partial charge >= 0.3 is 0 Å². The second kappa shape index (κ2) is 7.35. The molecule has 29 heavy (non-hydrogen) atoms. The van der Waals surface area contributed by atoms with E-state index < -0.39 is 0 Å². The molecule has 6 nitrogen and oxygen atoms in total. The number of hydrogen-bond acceptors (Lipinski definition) is 4. The summed E-state index contributed by atoms with van der Waals surface area (Å²) in [5.74, 6) is 1.45. The number of rotatable bonds is 3. The Balaban J connectivity index is 1.77. The van der Waals surface area contributed by atoms with Gasteiger partial charge in [-0.2, -0.15) is 0 Å². The summed E-state index contributed by atoms with van der Waals surface area (Å²) in [4.78, 5) is 15.7. The molecule has 6 heteroatoms. The SMILES string of the molecule is Cc1ccc2c(c1)c(=O)n(Cc1ccccc1)c1nnc(N3CCCCCC3)n21. The average Bonchev–Trinajstić information content (AvgIpc) is 2.99. The van der Waals surface area contributed by atoms with Gasteiger partial charge in [0.15, 0.2) is 0 Å². The summed E-state index contributed by atoms with van der Waals surface area (Å²) in [6.45, 7) is 4.45. The normalized spacial score (nSPS) is 15.1. The fraction of sp³-hybridized carbons (Fsp3) is 0.348. The first-order chi connectivity index (χ1) is 14.2. The Morgan fingerprint density at radius 1 is 0.931 bits per heavy atom. The van der Waals surface area contributed by atoms with E-state index in [1.807, 2.05) is 49.4 Å². The van der Waals surface area contributed by atoms with E-state index in [2.05, 4.69) is 25.6 Å². The second-order valence-corrected chi connectivity index (χ2v) is 7.93. The number of anilines is 1. The van der Waals surface area contributed by atoms with Gasteiger partial charge in [-0.25, -0.2) is 4.40 Å². The molecule has 0 N–H and O–H groups in total. The highest BCUT2D eigenvalue weighted by atomic mass is 16.1. The van der Waals surface area contributed by atoms with E-state index in [1.165, 1.54) is 12.8 Å². The van der Waals surface area contributed by atoms with Crippen LogP contribution in [0.2, 0.25) is 0 Å². The summed E-state index contributed by atoms with van der Waals surface area (Å²) in [6.07, 6.45) is 4.84. The van der Waals surface area contributed by atoms with Crippen LogP contribution in [0, 0.1) is 6.92 Å². The van der Waals surface area contributed by atoms with Crippen molar-refractivity contribution in [2.24, 2.45) is 0 Å². The highest BCUT2D eigenvalue weighted by Gasteiger charge is 2.21.